The number of aryl methyl sites for hydroxylation is 2. The van der Waals surface area contributed by atoms with E-state index in [0.717, 1.165) is 22.6 Å². The maximum absolute atomic E-state index is 11.9. The van der Waals surface area contributed by atoms with E-state index in [4.69, 9.17) is 4.74 Å². The summed E-state index contributed by atoms with van der Waals surface area (Å²) < 4.78 is 6.92. The van der Waals surface area contributed by atoms with E-state index in [-0.39, 0.29) is 5.91 Å². The fourth-order valence-corrected chi connectivity index (χ4v) is 2.07. The summed E-state index contributed by atoms with van der Waals surface area (Å²) in [6.45, 7) is 2.55. The molecule has 5 heteroatoms. The van der Waals surface area contributed by atoms with Gasteiger partial charge in [0, 0.05) is 25.7 Å². The molecule has 1 aromatic heterocycles. The Kier molecular flexibility index (Phi) is 4.98. The first-order valence-electron chi connectivity index (χ1n) is 6.97. The number of rotatable bonds is 6. The minimum Gasteiger partial charge on any atom is -0.497 e. The second kappa shape index (κ2) is 6.92. The van der Waals surface area contributed by atoms with Gasteiger partial charge in [0.15, 0.2) is 0 Å². The molecule has 21 heavy (non-hydrogen) atoms. The third-order valence-corrected chi connectivity index (χ3v) is 3.61. The van der Waals surface area contributed by atoms with Crippen molar-refractivity contribution in [3.8, 4) is 5.75 Å². The van der Waals surface area contributed by atoms with Crippen molar-refractivity contribution >= 4 is 5.91 Å². The second-order valence-corrected chi connectivity index (χ2v) is 5.00. The van der Waals surface area contributed by atoms with Crippen molar-refractivity contribution in [2.75, 3.05) is 7.11 Å². The lowest BCUT2D eigenvalue weighted by Gasteiger charge is -2.06. The number of benzene rings is 1. The Bertz CT molecular complexity index is 602. The topological polar surface area (TPSA) is 56.1 Å². The molecule has 2 rings (SSSR count). The van der Waals surface area contributed by atoms with Gasteiger partial charge in [0.2, 0.25) is 5.91 Å². The minimum atomic E-state index is 0.0501. The summed E-state index contributed by atoms with van der Waals surface area (Å²) in [5.74, 6) is 0.867. The highest BCUT2D eigenvalue weighted by molar-refractivity contribution is 5.76. The first-order valence-corrected chi connectivity index (χ1v) is 6.97. The number of carbonyl (C=O) groups is 1. The fourth-order valence-electron chi connectivity index (χ4n) is 2.07. The molecule has 1 amide bonds. The molecular weight excluding hydrogens is 266 g/mol. The Balaban J connectivity index is 1.78. The van der Waals surface area contributed by atoms with E-state index in [0.29, 0.717) is 19.4 Å². The van der Waals surface area contributed by atoms with Crippen molar-refractivity contribution in [2.45, 2.75) is 26.3 Å². The molecule has 1 aromatic carbocycles. The summed E-state index contributed by atoms with van der Waals surface area (Å²) in [7, 11) is 3.54. The Labute approximate surface area is 124 Å². The average molecular weight is 287 g/mol. The summed E-state index contributed by atoms with van der Waals surface area (Å²) in [6.07, 6.45) is 3.02. The van der Waals surface area contributed by atoms with Crippen molar-refractivity contribution in [3.63, 3.8) is 0 Å². The van der Waals surface area contributed by atoms with Gasteiger partial charge in [0.1, 0.15) is 5.75 Å². The molecular formula is C16H21N3O2. The van der Waals surface area contributed by atoms with Crippen molar-refractivity contribution in [2.24, 2.45) is 7.05 Å². The van der Waals surface area contributed by atoms with Crippen LogP contribution in [0.1, 0.15) is 23.2 Å². The Hall–Kier alpha value is -2.30. The van der Waals surface area contributed by atoms with Crippen molar-refractivity contribution in [1.29, 1.82) is 0 Å². The largest absolute Gasteiger partial charge is 0.497 e. The molecule has 5 nitrogen and oxygen atoms in total. The van der Waals surface area contributed by atoms with Crippen molar-refractivity contribution in [3.05, 3.63) is 47.3 Å². The number of nitrogens with zero attached hydrogens (tertiary/aromatic N) is 2. The third-order valence-electron chi connectivity index (χ3n) is 3.61. The highest BCUT2D eigenvalue weighted by Crippen LogP contribution is 2.11. The quantitative estimate of drug-likeness (QED) is 0.884. The van der Waals surface area contributed by atoms with Crippen LogP contribution in [0.25, 0.3) is 0 Å². The van der Waals surface area contributed by atoms with Crippen LogP contribution >= 0.6 is 0 Å². The van der Waals surface area contributed by atoms with Gasteiger partial charge in [-0.25, -0.2) is 0 Å². The number of carbonyl (C=O) groups excluding carboxylic acids is 1. The standard InChI is InChI=1S/C16H21N3O2/c1-12-14(11-18-19(12)2)6-9-16(20)17-10-13-4-7-15(21-3)8-5-13/h4-5,7-8,11H,6,9-10H2,1-3H3,(H,17,20). The molecule has 0 fully saturated rings. The van der Waals surface area contributed by atoms with Crippen LogP contribution < -0.4 is 10.1 Å². The van der Waals surface area contributed by atoms with E-state index in [1.807, 2.05) is 49.1 Å². The summed E-state index contributed by atoms with van der Waals surface area (Å²) in [5, 5.41) is 7.10. The zero-order chi connectivity index (χ0) is 15.2. The van der Waals surface area contributed by atoms with E-state index >= 15 is 0 Å². The molecule has 0 saturated heterocycles. The molecule has 0 atom stereocenters. The molecule has 0 bridgehead atoms. The van der Waals surface area contributed by atoms with Gasteiger partial charge in [-0.1, -0.05) is 12.1 Å². The average Bonchev–Trinajstić information content (AvgIpc) is 2.83. The van der Waals surface area contributed by atoms with Gasteiger partial charge in [-0.15, -0.1) is 0 Å². The lowest BCUT2D eigenvalue weighted by atomic mass is 10.1. The number of nitrogens with one attached hydrogen (secondary N) is 1. The van der Waals surface area contributed by atoms with Gasteiger partial charge >= 0.3 is 0 Å². The van der Waals surface area contributed by atoms with Crippen LogP contribution in [0, 0.1) is 6.92 Å². The van der Waals surface area contributed by atoms with Gasteiger partial charge in [-0.2, -0.15) is 5.10 Å². The number of hydrogen-bond donors (Lipinski definition) is 1. The van der Waals surface area contributed by atoms with E-state index in [1.54, 1.807) is 7.11 Å². The van der Waals surface area contributed by atoms with Crippen LogP contribution in [0.15, 0.2) is 30.5 Å². The summed E-state index contributed by atoms with van der Waals surface area (Å²) in [6, 6.07) is 7.68. The van der Waals surface area contributed by atoms with Gasteiger partial charge in [0.25, 0.3) is 0 Å². The Morgan fingerprint density at radius 2 is 2.05 bits per heavy atom. The summed E-state index contributed by atoms with van der Waals surface area (Å²) in [5.41, 5.74) is 3.29. The van der Waals surface area contributed by atoms with Crippen molar-refractivity contribution < 1.29 is 9.53 Å². The monoisotopic (exact) mass is 287 g/mol. The lowest BCUT2D eigenvalue weighted by Crippen LogP contribution is -2.23. The molecule has 0 aliphatic rings. The van der Waals surface area contributed by atoms with Gasteiger partial charge < -0.3 is 10.1 Å². The lowest BCUT2D eigenvalue weighted by molar-refractivity contribution is -0.121. The molecule has 0 unspecified atom stereocenters. The molecule has 0 spiro atoms. The maximum atomic E-state index is 11.9. The normalized spacial score (nSPS) is 10.4. The Morgan fingerprint density at radius 1 is 1.33 bits per heavy atom. The van der Waals surface area contributed by atoms with Gasteiger partial charge in [-0.05, 0) is 36.6 Å². The number of hydrogen-bond acceptors (Lipinski definition) is 3. The van der Waals surface area contributed by atoms with E-state index in [1.165, 1.54) is 0 Å². The van der Waals surface area contributed by atoms with Gasteiger partial charge in [0.05, 0.1) is 13.3 Å². The van der Waals surface area contributed by atoms with Gasteiger partial charge in [-0.3, -0.25) is 9.48 Å². The Morgan fingerprint density at radius 3 is 2.62 bits per heavy atom. The van der Waals surface area contributed by atoms with Crippen LogP contribution in [0.3, 0.4) is 0 Å². The maximum Gasteiger partial charge on any atom is 0.220 e. The minimum absolute atomic E-state index is 0.0501. The first-order chi connectivity index (χ1) is 10.1. The van der Waals surface area contributed by atoms with E-state index < -0.39 is 0 Å². The highest BCUT2D eigenvalue weighted by Gasteiger charge is 2.07. The molecule has 112 valence electrons. The number of amides is 1. The number of methoxy groups -OCH3 is 1. The molecule has 0 aliphatic carbocycles. The summed E-state index contributed by atoms with van der Waals surface area (Å²) >= 11 is 0. The van der Waals surface area contributed by atoms with Crippen LogP contribution in [-0.2, 0) is 24.8 Å². The second-order valence-electron chi connectivity index (χ2n) is 5.00. The van der Waals surface area contributed by atoms with Crippen LogP contribution in [0.5, 0.6) is 5.75 Å². The molecule has 0 radical (unpaired) electrons. The predicted octanol–water partition coefficient (Wildman–Crippen LogP) is 1.99. The fraction of sp³-hybridized carbons (Fsp3) is 0.375. The predicted molar refractivity (Wildman–Crippen MR) is 81.1 cm³/mol. The molecule has 2 aromatic rings. The number of ether oxygens (including phenoxy) is 1. The molecule has 0 aliphatic heterocycles. The number of aromatic nitrogens is 2. The smallest absolute Gasteiger partial charge is 0.220 e. The third kappa shape index (κ3) is 4.08. The zero-order valence-electron chi connectivity index (χ0n) is 12.7. The van der Waals surface area contributed by atoms with Crippen LogP contribution in [0.4, 0.5) is 0 Å². The van der Waals surface area contributed by atoms with E-state index in [2.05, 4.69) is 10.4 Å². The van der Waals surface area contributed by atoms with Crippen LogP contribution in [-0.4, -0.2) is 22.8 Å². The highest BCUT2D eigenvalue weighted by atomic mass is 16.5. The molecule has 0 saturated carbocycles. The van der Waals surface area contributed by atoms with Crippen molar-refractivity contribution in [1.82, 2.24) is 15.1 Å². The SMILES string of the molecule is COc1ccc(CNC(=O)CCc2cnn(C)c2C)cc1. The molecule has 1 heterocycles. The molecule has 1 N–H and O–H groups in total. The zero-order valence-corrected chi connectivity index (χ0v) is 12.7. The van der Waals surface area contributed by atoms with E-state index in [9.17, 15) is 4.79 Å². The van der Waals surface area contributed by atoms with Crippen LogP contribution in [0.2, 0.25) is 0 Å². The first kappa shape index (κ1) is 15.1. The summed E-state index contributed by atoms with van der Waals surface area (Å²) in [4.78, 5) is 11.9.